The molecule has 0 saturated carbocycles. The maximum absolute atomic E-state index is 12.8. The van der Waals surface area contributed by atoms with Crippen molar-refractivity contribution in [1.82, 2.24) is 10.4 Å². The first kappa shape index (κ1) is 22.7. The molecule has 11 heteroatoms. The number of aromatic nitrogens is 1. The SMILES string of the molecule is CCOc1cc(C=C2C(=O)NN(c3ccccc3)C2=O)cc(Cl)c1Oc1ccc([N+](=O)[O-])cn1. The van der Waals surface area contributed by atoms with Crippen LogP contribution < -0.4 is 19.9 Å². The van der Waals surface area contributed by atoms with E-state index >= 15 is 0 Å². The second-order valence-electron chi connectivity index (χ2n) is 6.95. The van der Waals surface area contributed by atoms with Crippen LogP contribution in [0.4, 0.5) is 11.4 Å². The van der Waals surface area contributed by atoms with Gasteiger partial charge >= 0.3 is 0 Å². The zero-order valence-electron chi connectivity index (χ0n) is 17.7. The molecule has 0 bridgehead atoms. The Morgan fingerprint density at radius 1 is 1.18 bits per heavy atom. The fourth-order valence-electron chi connectivity index (χ4n) is 3.16. The first-order valence-corrected chi connectivity index (χ1v) is 10.4. The summed E-state index contributed by atoms with van der Waals surface area (Å²) >= 11 is 6.42. The number of hydrogen-bond donors (Lipinski definition) is 1. The van der Waals surface area contributed by atoms with Gasteiger partial charge < -0.3 is 9.47 Å². The van der Waals surface area contributed by atoms with Gasteiger partial charge in [0.1, 0.15) is 11.8 Å². The molecule has 1 saturated heterocycles. The molecule has 0 aliphatic carbocycles. The summed E-state index contributed by atoms with van der Waals surface area (Å²) in [4.78, 5) is 39.4. The van der Waals surface area contributed by atoms with Crippen molar-refractivity contribution in [2.45, 2.75) is 6.92 Å². The molecule has 2 amide bonds. The Bertz CT molecular complexity index is 1290. The van der Waals surface area contributed by atoms with Gasteiger partial charge in [0.2, 0.25) is 5.88 Å². The van der Waals surface area contributed by atoms with Crippen LogP contribution in [0.3, 0.4) is 0 Å². The molecule has 0 radical (unpaired) electrons. The van der Waals surface area contributed by atoms with Crippen LogP contribution in [0.2, 0.25) is 5.02 Å². The zero-order chi connectivity index (χ0) is 24.2. The molecule has 34 heavy (non-hydrogen) atoms. The van der Waals surface area contributed by atoms with Crippen molar-refractivity contribution in [3.63, 3.8) is 0 Å². The monoisotopic (exact) mass is 480 g/mol. The van der Waals surface area contributed by atoms with Gasteiger partial charge in [0.15, 0.2) is 11.5 Å². The van der Waals surface area contributed by atoms with Crippen molar-refractivity contribution < 1.29 is 24.0 Å². The number of nitro groups is 1. The number of nitrogens with one attached hydrogen (secondary N) is 1. The molecule has 0 unspecified atom stereocenters. The number of anilines is 1. The maximum Gasteiger partial charge on any atom is 0.287 e. The summed E-state index contributed by atoms with van der Waals surface area (Å²) < 4.78 is 11.3. The molecule has 3 aromatic rings. The highest BCUT2D eigenvalue weighted by atomic mass is 35.5. The number of rotatable bonds is 7. The van der Waals surface area contributed by atoms with E-state index in [9.17, 15) is 19.7 Å². The van der Waals surface area contributed by atoms with E-state index in [2.05, 4.69) is 10.4 Å². The third-order valence-electron chi connectivity index (χ3n) is 4.69. The van der Waals surface area contributed by atoms with E-state index in [1.807, 2.05) is 0 Å². The summed E-state index contributed by atoms with van der Waals surface area (Å²) in [6.45, 7) is 2.04. The molecule has 10 nitrogen and oxygen atoms in total. The third kappa shape index (κ3) is 4.66. The Hall–Kier alpha value is -4.44. The van der Waals surface area contributed by atoms with Crippen molar-refractivity contribution >= 4 is 40.9 Å². The Morgan fingerprint density at radius 3 is 2.59 bits per heavy atom. The van der Waals surface area contributed by atoms with Crippen LogP contribution in [-0.2, 0) is 9.59 Å². The van der Waals surface area contributed by atoms with E-state index < -0.39 is 16.7 Å². The fraction of sp³-hybridized carbons (Fsp3) is 0.0870. The molecule has 1 aromatic heterocycles. The predicted octanol–water partition coefficient (Wildman–Crippen LogP) is 4.30. The van der Waals surface area contributed by atoms with Gasteiger partial charge in [0.25, 0.3) is 17.5 Å². The number of hydrogen-bond acceptors (Lipinski definition) is 7. The molecular weight excluding hydrogens is 464 g/mol. The van der Waals surface area contributed by atoms with Gasteiger partial charge in [-0.25, -0.2) is 9.99 Å². The summed E-state index contributed by atoms with van der Waals surface area (Å²) in [5, 5.41) is 12.1. The van der Waals surface area contributed by atoms with Crippen LogP contribution in [0.25, 0.3) is 6.08 Å². The molecule has 0 spiro atoms. The summed E-state index contributed by atoms with van der Waals surface area (Å²) in [6, 6.07) is 14.4. The van der Waals surface area contributed by atoms with Gasteiger partial charge in [-0.2, -0.15) is 0 Å². The number of hydrazine groups is 1. The molecule has 1 aliphatic heterocycles. The van der Waals surface area contributed by atoms with Crippen LogP contribution in [0.5, 0.6) is 17.4 Å². The molecule has 1 N–H and O–H groups in total. The van der Waals surface area contributed by atoms with Gasteiger partial charge in [0, 0.05) is 12.1 Å². The lowest BCUT2D eigenvalue weighted by Gasteiger charge is -2.14. The second-order valence-corrected chi connectivity index (χ2v) is 7.36. The highest BCUT2D eigenvalue weighted by molar-refractivity contribution is 6.33. The largest absolute Gasteiger partial charge is 0.490 e. The Kier molecular flexibility index (Phi) is 6.42. The van der Waals surface area contributed by atoms with E-state index in [1.54, 1.807) is 43.3 Å². The summed E-state index contributed by atoms with van der Waals surface area (Å²) in [7, 11) is 0. The number of para-hydroxylation sites is 1. The van der Waals surface area contributed by atoms with Crippen molar-refractivity contribution in [1.29, 1.82) is 0 Å². The number of nitrogens with zero attached hydrogens (tertiary/aromatic N) is 3. The first-order chi connectivity index (χ1) is 16.4. The lowest BCUT2D eigenvalue weighted by Crippen LogP contribution is -2.35. The molecule has 1 fully saturated rings. The summed E-state index contributed by atoms with van der Waals surface area (Å²) in [5.41, 5.74) is 3.23. The van der Waals surface area contributed by atoms with Gasteiger partial charge in [0.05, 0.1) is 22.2 Å². The van der Waals surface area contributed by atoms with E-state index in [0.29, 0.717) is 11.3 Å². The topological polar surface area (TPSA) is 124 Å². The van der Waals surface area contributed by atoms with Gasteiger partial charge in [-0.3, -0.25) is 25.1 Å². The zero-order valence-corrected chi connectivity index (χ0v) is 18.5. The van der Waals surface area contributed by atoms with Crippen LogP contribution in [0.15, 0.2) is 66.4 Å². The minimum atomic E-state index is -0.572. The Morgan fingerprint density at radius 2 is 1.94 bits per heavy atom. The number of halogens is 1. The third-order valence-corrected chi connectivity index (χ3v) is 4.97. The van der Waals surface area contributed by atoms with Crippen LogP contribution in [-0.4, -0.2) is 28.3 Å². The van der Waals surface area contributed by atoms with E-state index in [0.717, 1.165) is 11.2 Å². The maximum atomic E-state index is 12.8. The number of benzene rings is 2. The summed E-state index contributed by atoms with van der Waals surface area (Å²) in [6.07, 6.45) is 2.47. The molecule has 0 atom stereocenters. The van der Waals surface area contributed by atoms with Gasteiger partial charge in [-0.1, -0.05) is 29.8 Å². The van der Waals surface area contributed by atoms with Crippen molar-refractivity contribution in [3.8, 4) is 17.4 Å². The number of carbonyl (C=O) groups excluding carboxylic acids is 2. The van der Waals surface area contributed by atoms with Crippen molar-refractivity contribution in [2.24, 2.45) is 0 Å². The number of amides is 2. The van der Waals surface area contributed by atoms with E-state index in [1.165, 1.54) is 24.3 Å². The molecular formula is C23H17ClN4O6. The average Bonchev–Trinajstić information content (AvgIpc) is 3.10. The van der Waals surface area contributed by atoms with E-state index in [4.69, 9.17) is 21.1 Å². The number of ether oxygens (including phenoxy) is 2. The normalized spacial score (nSPS) is 14.3. The van der Waals surface area contributed by atoms with Gasteiger partial charge in [-0.15, -0.1) is 0 Å². The first-order valence-electron chi connectivity index (χ1n) is 10.0. The van der Waals surface area contributed by atoms with Gasteiger partial charge in [-0.05, 0) is 42.8 Å². The van der Waals surface area contributed by atoms with Crippen LogP contribution in [0.1, 0.15) is 12.5 Å². The Balaban J connectivity index is 1.64. The average molecular weight is 481 g/mol. The van der Waals surface area contributed by atoms with Crippen LogP contribution in [0, 0.1) is 10.1 Å². The minimum Gasteiger partial charge on any atom is -0.490 e. The fourth-order valence-corrected chi connectivity index (χ4v) is 3.42. The quantitative estimate of drug-likeness (QED) is 0.231. The summed E-state index contributed by atoms with van der Waals surface area (Å²) in [5.74, 6) is -0.615. The van der Waals surface area contributed by atoms with Crippen molar-refractivity contribution in [3.05, 3.63) is 87.1 Å². The van der Waals surface area contributed by atoms with Crippen LogP contribution >= 0.6 is 11.6 Å². The second kappa shape index (κ2) is 9.59. The molecule has 4 rings (SSSR count). The minimum absolute atomic E-state index is 0.0726. The smallest absolute Gasteiger partial charge is 0.287 e. The Labute approximate surface area is 198 Å². The number of pyridine rings is 1. The molecule has 2 heterocycles. The molecule has 1 aliphatic rings. The standard InChI is InChI=1S/C23H17ClN4O6/c1-2-33-19-12-14(10-17-22(29)26-27(23(17)30)15-6-4-3-5-7-15)11-18(24)21(19)34-20-9-8-16(13-25-20)28(31)32/h3-13H,2H2,1H3,(H,26,29). The highest BCUT2D eigenvalue weighted by Crippen LogP contribution is 2.40. The lowest BCUT2D eigenvalue weighted by molar-refractivity contribution is -0.385. The highest BCUT2D eigenvalue weighted by Gasteiger charge is 2.34. The predicted molar refractivity (Wildman–Crippen MR) is 124 cm³/mol. The lowest BCUT2D eigenvalue weighted by atomic mass is 10.1. The molecule has 172 valence electrons. The van der Waals surface area contributed by atoms with Crippen molar-refractivity contribution in [2.75, 3.05) is 11.6 Å². The number of carbonyl (C=O) groups is 2. The molecule has 2 aromatic carbocycles. The van der Waals surface area contributed by atoms with E-state index in [-0.39, 0.29) is 40.3 Å².